The lowest BCUT2D eigenvalue weighted by molar-refractivity contribution is 0.767. The zero-order valence-corrected chi connectivity index (χ0v) is 46.6. The Morgan fingerprint density at radius 3 is 1.18 bits per heavy atom. The van der Waals surface area contributed by atoms with Gasteiger partial charge in [-0.25, -0.2) is 0 Å². The highest BCUT2D eigenvalue weighted by molar-refractivity contribution is 6.14. The zero-order chi connectivity index (χ0) is 56.1. The van der Waals surface area contributed by atoms with Crippen LogP contribution < -0.4 is 4.90 Å². The summed E-state index contributed by atoms with van der Waals surface area (Å²) in [5.74, 6) is 0. The first-order chi connectivity index (χ1) is 42.2. The van der Waals surface area contributed by atoms with Crippen molar-refractivity contribution in [3.05, 3.63) is 378 Å². The molecule has 2 aromatic heterocycles. The minimum Gasteiger partial charge on any atom is -0.317 e. The van der Waals surface area contributed by atoms with Crippen LogP contribution in [0.25, 0.3) is 77.5 Å². The number of hydrogen-bond acceptors (Lipinski definition) is 1. The topological polar surface area (TPSA) is 13.1 Å². The lowest BCUT2D eigenvalue weighted by Crippen LogP contribution is -2.29. The monoisotopic (exact) mass is 1080 g/mol. The summed E-state index contributed by atoms with van der Waals surface area (Å²) < 4.78 is 4.73. The van der Waals surface area contributed by atoms with Crippen molar-refractivity contribution in [1.29, 1.82) is 0 Å². The fraction of sp³-hybridized carbons (Fsp3) is 0.0244. The molecule has 85 heavy (non-hydrogen) atoms. The number of aromatic nitrogens is 2. The molecule has 0 radical (unpaired) electrons. The van der Waals surface area contributed by atoms with Crippen molar-refractivity contribution in [1.82, 2.24) is 9.13 Å². The van der Waals surface area contributed by atoms with Crippen LogP contribution in [0.5, 0.6) is 0 Å². The Balaban J connectivity index is 0.877. The molecule has 0 N–H and O–H groups in total. The van der Waals surface area contributed by atoms with Crippen LogP contribution in [-0.2, 0) is 10.8 Å². The molecule has 0 fully saturated rings. The van der Waals surface area contributed by atoms with Crippen LogP contribution in [0.4, 0.5) is 17.1 Å². The highest BCUT2D eigenvalue weighted by Gasteiger charge is 2.48. The van der Waals surface area contributed by atoms with Crippen molar-refractivity contribution in [2.24, 2.45) is 0 Å². The first kappa shape index (κ1) is 48.7. The van der Waals surface area contributed by atoms with Gasteiger partial charge in [0.25, 0.3) is 0 Å². The summed E-state index contributed by atoms with van der Waals surface area (Å²) in [7, 11) is 0. The van der Waals surface area contributed by atoms with Crippen molar-refractivity contribution < 1.29 is 0 Å². The minimum absolute atomic E-state index is 0.575. The fourth-order valence-corrected chi connectivity index (χ4v) is 14.9. The second kappa shape index (κ2) is 19.3. The van der Waals surface area contributed by atoms with Crippen molar-refractivity contribution in [3.63, 3.8) is 0 Å². The standard InChI is InChI=1S/C82H55N3/c1-7-23-59(24-8-1)81(60-25-9-2-10-26-60)74-37-21-19-35-68(74)70-46-44-66(53-76(70)81)84(67-45-47-71-69-36-20-22-38-75(69)82(77(71)54-67,61-27-11-3-12-28-61)62-29-13-4-14-30-62)65-42-39-56(40-43-65)57-41-48-78-72(51-57)73-55-79-58(49-50-83(79)63-31-15-5-16-32-63)52-80(73)85(78)64-33-17-6-18-34-64/h1-55H. The molecule has 0 aliphatic heterocycles. The maximum atomic E-state index is 2.50. The molecule has 0 amide bonds. The Morgan fingerprint density at radius 2 is 0.671 bits per heavy atom. The molecular formula is C82H55N3. The summed E-state index contributed by atoms with van der Waals surface area (Å²) in [6, 6.07) is 122. The second-order valence-corrected chi connectivity index (χ2v) is 22.7. The number of rotatable bonds is 10. The molecule has 0 unspecified atom stereocenters. The Morgan fingerprint density at radius 1 is 0.259 bits per heavy atom. The van der Waals surface area contributed by atoms with E-state index in [0.717, 1.165) is 39.6 Å². The average molecular weight is 1080 g/mol. The molecular weight excluding hydrogens is 1030 g/mol. The van der Waals surface area contributed by atoms with Crippen LogP contribution in [0, 0.1) is 0 Å². The molecule has 2 aliphatic rings. The van der Waals surface area contributed by atoms with Gasteiger partial charge >= 0.3 is 0 Å². The van der Waals surface area contributed by atoms with E-state index in [0.29, 0.717) is 0 Å². The lowest BCUT2D eigenvalue weighted by atomic mass is 9.67. The van der Waals surface area contributed by atoms with Gasteiger partial charge in [0.1, 0.15) is 0 Å². The van der Waals surface area contributed by atoms with Gasteiger partial charge in [0, 0.05) is 50.8 Å². The van der Waals surface area contributed by atoms with Gasteiger partial charge in [-0.2, -0.15) is 0 Å². The van der Waals surface area contributed by atoms with Crippen molar-refractivity contribution >= 4 is 49.8 Å². The SMILES string of the molecule is c1ccc(-n2ccc3cc4c(cc32)c2cc(-c3ccc(N(c5ccc6c(c5)C(c5ccccc5)(c5ccccc5)c5ccccc5-6)c5ccc6c(c5)C(c5ccccc5)(c5ccccc5)c5ccccc5-6)cc3)ccc2n4-c2ccccc2)cc1. The molecule has 13 aromatic carbocycles. The van der Waals surface area contributed by atoms with E-state index < -0.39 is 10.8 Å². The highest BCUT2D eigenvalue weighted by atomic mass is 15.1. The number of fused-ring (bicyclic) bond motifs is 10. The summed E-state index contributed by atoms with van der Waals surface area (Å²) in [6.45, 7) is 0. The molecule has 17 rings (SSSR count). The molecule has 2 heterocycles. The second-order valence-electron chi connectivity index (χ2n) is 22.7. The summed E-state index contributed by atoms with van der Waals surface area (Å²) in [6.07, 6.45) is 2.19. The zero-order valence-electron chi connectivity index (χ0n) is 46.6. The van der Waals surface area contributed by atoms with Gasteiger partial charge in [-0.3, -0.25) is 0 Å². The van der Waals surface area contributed by atoms with E-state index in [1.807, 2.05) is 0 Å². The van der Waals surface area contributed by atoms with Crippen LogP contribution >= 0.6 is 0 Å². The van der Waals surface area contributed by atoms with E-state index >= 15 is 0 Å². The molecule has 3 heteroatoms. The first-order valence-electron chi connectivity index (χ1n) is 29.5. The molecule has 0 saturated heterocycles. The van der Waals surface area contributed by atoms with Gasteiger partial charge in [-0.15, -0.1) is 0 Å². The number of para-hydroxylation sites is 2. The van der Waals surface area contributed by atoms with Gasteiger partial charge in [0.2, 0.25) is 0 Å². The van der Waals surface area contributed by atoms with E-state index in [2.05, 4.69) is 348 Å². The molecule has 2 aliphatic carbocycles. The molecule has 0 spiro atoms. The van der Waals surface area contributed by atoms with Gasteiger partial charge in [-0.05, 0) is 169 Å². The van der Waals surface area contributed by atoms with E-state index in [1.54, 1.807) is 0 Å². The van der Waals surface area contributed by atoms with Gasteiger partial charge in [0.05, 0.1) is 27.4 Å². The quantitative estimate of drug-likeness (QED) is 0.133. The Kier molecular flexibility index (Phi) is 11.1. The molecule has 398 valence electrons. The molecule has 0 saturated carbocycles. The Bertz CT molecular complexity index is 4760. The van der Waals surface area contributed by atoms with E-state index in [4.69, 9.17) is 0 Å². The smallest absolute Gasteiger partial charge is 0.0714 e. The van der Waals surface area contributed by atoms with Crippen LogP contribution in [0.2, 0.25) is 0 Å². The van der Waals surface area contributed by atoms with E-state index in [9.17, 15) is 0 Å². The third-order valence-electron chi connectivity index (χ3n) is 18.5. The third kappa shape index (κ3) is 7.27. The summed E-state index contributed by atoms with van der Waals surface area (Å²) >= 11 is 0. The van der Waals surface area contributed by atoms with Gasteiger partial charge < -0.3 is 14.0 Å². The maximum Gasteiger partial charge on any atom is 0.0714 e. The summed E-state index contributed by atoms with van der Waals surface area (Å²) in [5, 5.41) is 3.63. The lowest BCUT2D eigenvalue weighted by Gasteiger charge is -2.36. The summed E-state index contributed by atoms with van der Waals surface area (Å²) in [4.78, 5) is 2.50. The van der Waals surface area contributed by atoms with E-state index in [-0.39, 0.29) is 0 Å². The number of nitrogens with zero attached hydrogens (tertiary/aromatic N) is 3. The average Bonchev–Trinajstić information content (AvgIpc) is 1.71. The van der Waals surface area contributed by atoms with Crippen LogP contribution in [-0.4, -0.2) is 9.13 Å². The molecule has 3 nitrogen and oxygen atoms in total. The number of hydrogen-bond donors (Lipinski definition) is 0. The predicted molar refractivity (Wildman–Crippen MR) is 352 cm³/mol. The van der Waals surface area contributed by atoms with Crippen molar-refractivity contribution in [2.75, 3.05) is 4.90 Å². The van der Waals surface area contributed by atoms with Crippen LogP contribution in [0.15, 0.2) is 334 Å². The first-order valence-corrected chi connectivity index (χ1v) is 29.5. The largest absolute Gasteiger partial charge is 0.317 e. The van der Waals surface area contributed by atoms with Crippen molar-refractivity contribution in [2.45, 2.75) is 10.8 Å². The maximum absolute atomic E-state index is 2.50. The number of anilines is 3. The minimum atomic E-state index is -0.575. The predicted octanol–water partition coefficient (Wildman–Crippen LogP) is 20.6. The van der Waals surface area contributed by atoms with Gasteiger partial charge in [0.15, 0.2) is 0 Å². The Hall–Kier alpha value is -11.0. The van der Waals surface area contributed by atoms with Crippen molar-refractivity contribution in [3.8, 4) is 44.8 Å². The van der Waals surface area contributed by atoms with E-state index in [1.165, 1.54) is 99.5 Å². The fourth-order valence-electron chi connectivity index (χ4n) is 14.9. The van der Waals surface area contributed by atoms with Crippen LogP contribution in [0.1, 0.15) is 44.5 Å². The van der Waals surface area contributed by atoms with Crippen LogP contribution in [0.3, 0.4) is 0 Å². The molecule has 0 bridgehead atoms. The molecule has 15 aromatic rings. The number of benzene rings is 13. The highest BCUT2D eigenvalue weighted by Crippen LogP contribution is 2.60. The normalized spacial score (nSPS) is 13.4. The third-order valence-corrected chi connectivity index (χ3v) is 18.5. The molecule has 0 atom stereocenters. The van der Waals surface area contributed by atoms with Gasteiger partial charge in [-0.1, -0.05) is 237 Å². The summed E-state index contributed by atoms with van der Waals surface area (Å²) in [5.41, 5.74) is 25.3. The Labute approximate surface area is 494 Å².